The lowest BCUT2D eigenvalue weighted by Crippen LogP contribution is -2.60. The van der Waals surface area contributed by atoms with Gasteiger partial charge in [-0.15, -0.1) is 0 Å². The fraction of sp³-hybridized carbons (Fsp3) is 0.435. The number of aliphatic hydroxyl groups is 3. The molecule has 2 aromatic carbocycles. The van der Waals surface area contributed by atoms with Gasteiger partial charge in [-0.3, -0.25) is 0 Å². The summed E-state index contributed by atoms with van der Waals surface area (Å²) in [6, 6.07) is 9.34. The summed E-state index contributed by atoms with van der Waals surface area (Å²) in [6.45, 7) is 1.13. The van der Waals surface area contributed by atoms with Crippen LogP contribution in [0.15, 0.2) is 30.3 Å². The van der Waals surface area contributed by atoms with Crippen molar-refractivity contribution in [2.45, 2.75) is 44.2 Å². The number of hydrogen-bond acceptors (Lipinski definition) is 9. The molecule has 0 bridgehead atoms. The molecular formula is C23H26Cl2O9. The number of methoxy groups -OCH3 is 2. The Morgan fingerprint density at radius 1 is 1.06 bits per heavy atom. The maximum Gasteiger partial charge on any atom is 0.342 e. The number of hydrogen-bond donors (Lipinski definition) is 3. The van der Waals surface area contributed by atoms with Crippen LogP contribution in [0.1, 0.15) is 21.5 Å². The highest BCUT2D eigenvalue weighted by Gasteiger charge is 2.47. The molecular weight excluding hydrogens is 491 g/mol. The molecule has 186 valence electrons. The van der Waals surface area contributed by atoms with Gasteiger partial charge in [0, 0.05) is 7.11 Å². The van der Waals surface area contributed by atoms with Gasteiger partial charge in [0.05, 0.1) is 18.7 Å². The summed E-state index contributed by atoms with van der Waals surface area (Å²) in [7, 11) is 2.58. The van der Waals surface area contributed by atoms with Crippen LogP contribution < -0.4 is 9.47 Å². The molecule has 34 heavy (non-hydrogen) atoms. The van der Waals surface area contributed by atoms with E-state index in [1.807, 2.05) is 30.3 Å². The van der Waals surface area contributed by atoms with Crippen molar-refractivity contribution in [3.8, 4) is 11.5 Å². The van der Waals surface area contributed by atoms with E-state index in [1.165, 1.54) is 14.2 Å². The Morgan fingerprint density at radius 2 is 1.74 bits per heavy atom. The second-order valence-corrected chi connectivity index (χ2v) is 8.33. The number of esters is 1. The zero-order chi connectivity index (χ0) is 25.0. The maximum atomic E-state index is 13.2. The van der Waals surface area contributed by atoms with Crippen LogP contribution in [0, 0.1) is 6.92 Å². The molecule has 11 heteroatoms. The first-order valence-corrected chi connectivity index (χ1v) is 11.1. The molecule has 1 aliphatic rings. The van der Waals surface area contributed by atoms with Gasteiger partial charge in [-0.1, -0.05) is 53.5 Å². The van der Waals surface area contributed by atoms with Gasteiger partial charge in [0.1, 0.15) is 35.5 Å². The molecule has 2 aromatic rings. The van der Waals surface area contributed by atoms with Crippen molar-refractivity contribution in [1.82, 2.24) is 0 Å². The highest BCUT2D eigenvalue weighted by atomic mass is 35.5. The zero-order valence-electron chi connectivity index (χ0n) is 18.7. The molecule has 9 nitrogen and oxygen atoms in total. The molecule has 3 N–H and O–H groups in total. The Kier molecular flexibility index (Phi) is 9.00. The third-order valence-corrected chi connectivity index (χ3v) is 6.26. The lowest BCUT2D eigenvalue weighted by atomic mass is 9.98. The number of halogens is 2. The third kappa shape index (κ3) is 5.26. The van der Waals surface area contributed by atoms with E-state index in [2.05, 4.69) is 0 Å². The largest absolute Gasteiger partial charge is 0.494 e. The quantitative estimate of drug-likeness (QED) is 0.453. The minimum atomic E-state index is -1.59. The molecule has 0 spiro atoms. The number of carbonyl (C=O) groups is 1. The average molecular weight is 517 g/mol. The van der Waals surface area contributed by atoms with Crippen LogP contribution in [0.4, 0.5) is 0 Å². The van der Waals surface area contributed by atoms with E-state index in [4.69, 9.17) is 46.9 Å². The Labute approximate surface area is 206 Å². The second-order valence-electron chi connectivity index (χ2n) is 7.58. The van der Waals surface area contributed by atoms with Crippen LogP contribution in [-0.4, -0.2) is 72.8 Å². The number of ether oxygens (including phenoxy) is 5. The molecule has 0 unspecified atom stereocenters. The van der Waals surface area contributed by atoms with Gasteiger partial charge in [-0.05, 0) is 18.1 Å². The topological polar surface area (TPSA) is 124 Å². The third-order valence-electron chi connectivity index (χ3n) is 5.46. The van der Waals surface area contributed by atoms with Crippen LogP contribution in [0.5, 0.6) is 11.5 Å². The predicted octanol–water partition coefficient (Wildman–Crippen LogP) is 2.50. The molecule has 1 saturated heterocycles. The molecule has 1 fully saturated rings. The van der Waals surface area contributed by atoms with Gasteiger partial charge in [-0.25, -0.2) is 4.79 Å². The van der Waals surface area contributed by atoms with E-state index < -0.39 is 43.3 Å². The van der Waals surface area contributed by atoms with Gasteiger partial charge in [0.25, 0.3) is 0 Å². The van der Waals surface area contributed by atoms with Crippen LogP contribution in [0.2, 0.25) is 10.0 Å². The number of rotatable bonds is 8. The molecule has 1 aliphatic heterocycles. The van der Waals surface area contributed by atoms with Crippen molar-refractivity contribution < 1.29 is 43.8 Å². The number of benzene rings is 2. The molecule has 3 rings (SSSR count). The Bertz CT molecular complexity index is 1000. The van der Waals surface area contributed by atoms with Crippen LogP contribution >= 0.6 is 23.2 Å². The standard InChI is InChI=1S/C23H26Cl2O9/c1-11-14(22(29)34-19-13(9-26)33-23(31-3)18(28)17(19)27)20(30-2)16(25)21(15(11)24)32-10-12-7-5-4-6-8-12/h4-8,13,17-19,23,26-28H,9-10H2,1-3H3/t13-,17-,18-,19-,23-/m1/s1. The van der Waals surface area contributed by atoms with E-state index in [9.17, 15) is 20.1 Å². The van der Waals surface area contributed by atoms with Crippen LogP contribution in [0.25, 0.3) is 0 Å². The highest BCUT2D eigenvalue weighted by molar-refractivity contribution is 6.39. The van der Waals surface area contributed by atoms with Crippen LogP contribution in [0.3, 0.4) is 0 Å². The first-order valence-electron chi connectivity index (χ1n) is 10.3. The smallest absolute Gasteiger partial charge is 0.342 e. The minimum absolute atomic E-state index is 0.0420. The Hall–Kier alpha value is -2.11. The predicted molar refractivity (Wildman–Crippen MR) is 122 cm³/mol. The average Bonchev–Trinajstić information content (AvgIpc) is 2.84. The van der Waals surface area contributed by atoms with Crippen molar-refractivity contribution in [2.75, 3.05) is 20.8 Å². The van der Waals surface area contributed by atoms with E-state index in [1.54, 1.807) is 6.92 Å². The number of aliphatic hydroxyl groups excluding tert-OH is 3. The van der Waals surface area contributed by atoms with E-state index >= 15 is 0 Å². The lowest BCUT2D eigenvalue weighted by Gasteiger charge is -2.40. The molecule has 0 aliphatic carbocycles. The zero-order valence-corrected chi connectivity index (χ0v) is 20.2. The first kappa shape index (κ1) is 26.5. The van der Waals surface area contributed by atoms with Gasteiger partial charge in [0.2, 0.25) is 0 Å². The van der Waals surface area contributed by atoms with Crippen LogP contribution in [-0.2, 0) is 20.8 Å². The van der Waals surface area contributed by atoms with Crippen molar-refractivity contribution in [1.29, 1.82) is 0 Å². The fourth-order valence-electron chi connectivity index (χ4n) is 3.63. The van der Waals surface area contributed by atoms with Crippen molar-refractivity contribution >= 4 is 29.2 Å². The van der Waals surface area contributed by atoms with E-state index in [0.29, 0.717) is 0 Å². The fourth-order valence-corrected chi connectivity index (χ4v) is 4.24. The molecule has 0 saturated carbocycles. The van der Waals surface area contributed by atoms with Crippen molar-refractivity contribution in [3.63, 3.8) is 0 Å². The minimum Gasteiger partial charge on any atom is -0.494 e. The second kappa shape index (κ2) is 11.5. The summed E-state index contributed by atoms with van der Waals surface area (Å²) in [5.74, 6) is -0.869. The van der Waals surface area contributed by atoms with Gasteiger partial charge in [-0.2, -0.15) is 0 Å². The molecule has 0 radical (unpaired) electrons. The molecule has 0 amide bonds. The summed E-state index contributed by atoms with van der Waals surface area (Å²) in [4.78, 5) is 13.2. The van der Waals surface area contributed by atoms with Gasteiger partial charge < -0.3 is 39.0 Å². The summed E-state index contributed by atoms with van der Waals surface area (Å²) >= 11 is 13.0. The highest BCUT2D eigenvalue weighted by Crippen LogP contribution is 2.46. The van der Waals surface area contributed by atoms with Crippen molar-refractivity contribution in [2.24, 2.45) is 0 Å². The monoisotopic (exact) mass is 516 g/mol. The molecule has 5 atom stereocenters. The Morgan fingerprint density at radius 3 is 2.32 bits per heavy atom. The summed E-state index contributed by atoms with van der Waals surface area (Å²) < 4.78 is 26.9. The lowest BCUT2D eigenvalue weighted by molar-refractivity contribution is -0.293. The van der Waals surface area contributed by atoms with E-state index in [-0.39, 0.29) is 39.3 Å². The SMILES string of the molecule is COc1c(Cl)c(OCc2ccccc2)c(Cl)c(C)c1C(=O)O[C@H]1[C@H](O)[C@@H](O)[C@H](OC)O[C@@H]1CO. The maximum absolute atomic E-state index is 13.2. The van der Waals surface area contributed by atoms with Gasteiger partial charge in [0.15, 0.2) is 23.9 Å². The summed E-state index contributed by atoms with van der Waals surface area (Å²) in [5.41, 5.74) is 1.04. The summed E-state index contributed by atoms with van der Waals surface area (Å²) in [5, 5.41) is 30.3. The Balaban J connectivity index is 1.90. The number of carbonyl (C=O) groups excluding carboxylic acids is 1. The van der Waals surface area contributed by atoms with E-state index in [0.717, 1.165) is 5.56 Å². The molecule has 1 heterocycles. The van der Waals surface area contributed by atoms with Crippen molar-refractivity contribution in [3.05, 3.63) is 57.1 Å². The first-order chi connectivity index (χ1) is 16.2. The normalized spacial score (nSPS) is 24.5. The summed E-state index contributed by atoms with van der Waals surface area (Å²) in [6.07, 6.45) is -6.88. The molecule has 0 aromatic heterocycles. The van der Waals surface area contributed by atoms with Gasteiger partial charge >= 0.3 is 5.97 Å².